The Hall–Kier alpha value is -3.55. The molecule has 3 aromatic rings. The fourth-order valence-corrected chi connectivity index (χ4v) is 3.48. The fraction of sp³-hybridized carbons (Fsp3) is 0.238. The van der Waals surface area contributed by atoms with Gasteiger partial charge in [-0.2, -0.15) is 0 Å². The molecule has 1 aliphatic heterocycles. The number of benzene rings is 1. The van der Waals surface area contributed by atoms with Gasteiger partial charge in [-0.25, -0.2) is 9.37 Å². The Labute approximate surface area is 166 Å². The first-order chi connectivity index (χ1) is 14.0. The van der Waals surface area contributed by atoms with Gasteiger partial charge in [0.25, 0.3) is 11.5 Å². The summed E-state index contributed by atoms with van der Waals surface area (Å²) in [6.45, 7) is 2.94. The number of rotatable bonds is 3. The third-order valence-electron chi connectivity index (χ3n) is 5.11. The van der Waals surface area contributed by atoms with Gasteiger partial charge in [-0.3, -0.25) is 18.8 Å². The van der Waals surface area contributed by atoms with Gasteiger partial charge < -0.3 is 9.80 Å². The van der Waals surface area contributed by atoms with Gasteiger partial charge in [-0.05, 0) is 37.3 Å². The molecule has 1 saturated heterocycles. The van der Waals surface area contributed by atoms with E-state index in [-0.39, 0.29) is 17.3 Å². The van der Waals surface area contributed by atoms with Gasteiger partial charge in [0.15, 0.2) is 5.78 Å². The molecule has 8 heteroatoms. The average Bonchev–Trinajstić information content (AvgIpc) is 2.74. The van der Waals surface area contributed by atoms with Crippen LogP contribution >= 0.6 is 0 Å². The minimum Gasteiger partial charge on any atom is -0.366 e. The molecule has 29 heavy (non-hydrogen) atoms. The van der Waals surface area contributed by atoms with Crippen LogP contribution in [0.4, 0.5) is 10.1 Å². The predicted octanol–water partition coefficient (Wildman–Crippen LogP) is 2.00. The maximum absolute atomic E-state index is 14.4. The zero-order valence-corrected chi connectivity index (χ0v) is 15.8. The number of piperazine rings is 1. The third kappa shape index (κ3) is 3.49. The van der Waals surface area contributed by atoms with Gasteiger partial charge >= 0.3 is 0 Å². The molecule has 0 atom stereocenters. The van der Waals surface area contributed by atoms with Gasteiger partial charge in [-0.1, -0.05) is 6.07 Å². The molecule has 2 aromatic heterocycles. The Morgan fingerprint density at radius 1 is 1.07 bits per heavy atom. The van der Waals surface area contributed by atoms with Crippen molar-refractivity contribution in [3.05, 3.63) is 76.1 Å². The molecule has 0 aliphatic carbocycles. The quantitative estimate of drug-likeness (QED) is 0.635. The second kappa shape index (κ2) is 7.46. The van der Waals surface area contributed by atoms with E-state index in [0.717, 1.165) is 0 Å². The largest absolute Gasteiger partial charge is 0.366 e. The Morgan fingerprint density at radius 3 is 2.52 bits per heavy atom. The number of ketones is 1. The molecular formula is C21H19FN4O3. The highest BCUT2D eigenvalue weighted by Gasteiger charge is 2.26. The maximum Gasteiger partial charge on any atom is 0.270 e. The zero-order chi connectivity index (χ0) is 20.5. The van der Waals surface area contributed by atoms with Crippen molar-refractivity contribution >= 4 is 23.0 Å². The van der Waals surface area contributed by atoms with Crippen LogP contribution in [-0.2, 0) is 0 Å². The van der Waals surface area contributed by atoms with Crippen LogP contribution in [0.1, 0.15) is 27.6 Å². The summed E-state index contributed by atoms with van der Waals surface area (Å²) in [7, 11) is 0. The van der Waals surface area contributed by atoms with Gasteiger partial charge in [0.2, 0.25) is 0 Å². The summed E-state index contributed by atoms with van der Waals surface area (Å²) in [6, 6.07) is 9.58. The summed E-state index contributed by atoms with van der Waals surface area (Å²) in [4.78, 5) is 44.4. The van der Waals surface area contributed by atoms with Crippen LogP contribution in [0.15, 0.2) is 53.6 Å². The van der Waals surface area contributed by atoms with Crippen molar-refractivity contribution in [1.82, 2.24) is 14.3 Å². The average molecular weight is 394 g/mol. The molecule has 3 heterocycles. The molecule has 148 valence electrons. The lowest BCUT2D eigenvalue weighted by atomic mass is 10.1. The highest BCUT2D eigenvalue weighted by atomic mass is 19.1. The highest BCUT2D eigenvalue weighted by molar-refractivity contribution is 5.95. The van der Waals surface area contributed by atoms with E-state index in [4.69, 9.17) is 0 Å². The number of hydrogen-bond donors (Lipinski definition) is 0. The topological polar surface area (TPSA) is 75.0 Å². The van der Waals surface area contributed by atoms with E-state index in [1.54, 1.807) is 41.4 Å². The van der Waals surface area contributed by atoms with Crippen molar-refractivity contribution < 1.29 is 14.0 Å². The lowest BCUT2D eigenvalue weighted by molar-refractivity contribution is 0.0744. The van der Waals surface area contributed by atoms with Crippen molar-refractivity contribution in [2.75, 3.05) is 31.1 Å². The minimum atomic E-state index is -0.463. The summed E-state index contributed by atoms with van der Waals surface area (Å²) in [5, 5.41) is 0. The Bertz CT molecular complexity index is 1170. The Balaban J connectivity index is 1.50. The van der Waals surface area contributed by atoms with Crippen molar-refractivity contribution in [1.29, 1.82) is 0 Å². The van der Waals surface area contributed by atoms with Crippen LogP contribution in [-0.4, -0.2) is 52.2 Å². The SMILES string of the molecule is CC(=O)c1ccc(N2CCN(C(=O)c3cnc4ccccn4c3=O)CC2)c(F)c1. The normalized spacial score (nSPS) is 14.3. The first kappa shape index (κ1) is 18.8. The van der Waals surface area contributed by atoms with Crippen molar-refractivity contribution in [2.45, 2.75) is 6.92 Å². The molecule has 1 amide bonds. The highest BCUT2D eigenvalue weighted by Crippen LogP contribution is 2.22. The standard InChI is InChI=1S/C21H19FN4O3/c1-14(27)15-5-6-18(17(22)12-15)24-8-10-25(11-9-24)20(28)16-13-23-19-4-2-3-7-26(19)21(16)29/h2-7,12-13H,8-11H2,1H3. The molecule has 1 aliphatic rings. The molecule has 1 aromatic carbocycles. The second-order valence-corrected chi connectivity index (χ2v) is 6.91. The van der Waals surface area contributed by atoms with Crippen molar-refractivity contribution in [3.63, 3.8) is 0 Å². The third-order valence-corrected chi connectivity index (χ3v) is 5.11. The van der Waals surface area contributed by atoms with Crippen LogP contribution in [0.25, 0.3) is 5.65 Å². The fourth-order valence-electron chi connectivity index (χ4n) is 3.48. The minimum absolute atomic E-state index is 0.0131. The van der Waals surface area contributed by atoms with E-state index in [0.29, 0.717) is 43.1 Å². The summed E-state index contributed by atoms with van der Waals surface area (Å²) >= 11 is 0. The van der Waals surface area contributed by atoms with E-state index in [1.807, 2.05) is 4.90 Å². The smallest absolute Gasteiger partial charge is 0.270 e. The molecular weight excluding hydrogens is 375 g/mol. The predicted molar refractivity (Wildman–Crippen MR) is 106 cm³/mol. The number of pyridine rings is 1. The molecule has 0 spiro atoms. The van der Waals surface area contributed by atoms with E-state index in [2.05, 4.69) is 4.98 Å². The number of carbonyl (C=O) groups is 2. The van der Waals surface area contributed by atoms with Crippen molar-refractivity contribution in [3.8, 4) is 0 Å². The van der Waals surface area contributed by atoms with E-state index < -0.39 is 11.4 Å². The monoisotopic (exact) mass is 394 g/mol. The van der Waals surface area contributed by atoms with Crippen LogP contribution in [0, 0.1) is 5.82 Å². The van der Waals surface area contributed by atoms with E-state index >= 15 is 0 Å². The number of halogens is 1. The molecule has 0 bridgehead atoms. The Kier molecular flexibility index (Phi) is 4.84. The number of hydrogen-bond acceptors (Lipinski definition) is 5. The molecule has 0 N–H and O–H groups in total. The van der Waals surface area contributed by atoms with Crippen LogP contribution < -0.4 is 10.5 Å². The number of amides is 1. The van der Waals surface area contributed by atoms with Crippen molar-refractivity contribution in [2.24, 2.45) is 0 Å². The lowest BCUT2D eigenvalue weighted by Gasteiger charge is -2.36. The molecule has 0 saturated carbocycles. The molecule has 4 rings (SSSR count). The molecule has 0 unspecified atom stereocenters. The molecule has 7 nitrogen and oxygen atoms in total. The number of carbonyl (C=O) groups excluding carboxylic acids is 2. The summed E-state index contributed by atoms with van der Waals surface area (Å²) in [6.07, 6.45) is 2.89. The first-order valence-electron chi connectivity index (χ1n) is 9.27. The number of fused-ring (bicyclic) bond motifs is 1. The molecule has 1 fully saturated rings. The number of nitrogens with zero attached hydrogens (tertiary/aromatic N) is 4. The first-order valence-corrected chi connectivity index (χ1v) is 9.27. The van der Waals surface area contributed by atoms with Crippen LogP contribution in [0.2, 0.25) is 0 Å². The number of Topliss-reactive ketones (excluding diaryl/α,β-unsaturated/α-hetero) is 1. The maximum atomic E-state index is 14.4. The van der Waals surface area contributed by atoms with E-state index in [1.165, 1.54) is 23.6 Å². The lowest BCUT2D eigenvalue weighted by Crippen LogP contribution is -2.50. The summed E-state index contributed by atoms with van der Waals surface area (Å²) < 4.78 is 15.7. The second-order valence-electron chi connectivity index (χ2n) is 6.91. The van der Waals surface area contributed by atoms with Gasteiger partial charge in [0.1, 0.15) is 17.0 Å². The number of anilines is 1. The summed E-state index contributed by atoms with van der Waals surface area (Å²) in [5.41, 5.74) is 0.801. The zero-order valence-electron chi connectivity index (χ0n) is 15.8. The summed E-state index contributed by atoms with van der Waals surface area (Å²) in [5.74, 6) is -1.04. The van der Waals surface area contributed by atoms with Crippen LogP contribution in [0.3, 0.4) is 0 Å². The molecule has 0 radical (unpaired) electrons. The number of aromatic nitrogens is 2. The Morgan fingerprint density at radius 2 is 1.83 bits per heavy atom. The van der Waals surface area contributed by atoms with Gasteiger partial charge in [-0.15, -0.1) is 0 Å². The van der Waals surface area contributed by atoms with Gasteiger partial charge in [0.05, 0.1) is 5.69 Å². The van der Waals surface area contributed by atoms with Gasteiger partial charge in [0, 0.05) is 44.1 Å². The van der Waals surface area contributed by atoms with Crippen LogP contribution in [0.5, 0.6) is 0 Å². The van der Waals surface area contributed by atoms with E-state index in [9.17, 15) is 18.8 Å².